The molecule has 4 atom stereocenters. The number of rotatable bonds is 5. The van der Waals surface area contributed by atoms with Gasteiger partial charge in [-0.1, -0.05) is 26.2 Å². The van der Waals surface area contributed by atoms with Crippen molar-refractivity contribution < 1.29 is 0 Å². The molecule has 0 aliphatic heterocycles. The molecule has 0 bridgehead atoms. The van der Waals surface area contributed by atoms with Gasteiger partial charge in [0.25, 0.3) is 0 Å². The summed E-state index contributed by atoms with van der Waals surface area (Å²) in [5.41, 5.74) is -0.251. The fourth-order valence-electron chi connectivity index (χ4n) is 4.48. The summed E-state index contributed by atoms with van der Waals surface area (Å²) in [6.45, 7) is 3.55. The zero-order valence-corrected chi connectivity index (χ0v) is 13.5. The zero-order chi connectivity index (χ0) is 14.6. The van der Waals surface area contributed by atoms with Crippen molar-refractivity contribution in [1.82, 2.24) is 10.2 Å². The Labute approximate surface area is 124 Å². The van der Waals surface area contributed by atoms with Crippen molar-refractivity contribution in [3.8, 4) is 6.07 Å². The normalized spacial score (nSPS) is 38.0. The number of hydrogen-bond acceptors (Lipinski definition) is 3. The summed E-state index contributed by atoms with van der Waals surface area (Å²) in [5.74, 6) is 1.36. The van der Waals surface area contributed by atoms with Gasteiger partial charge in [0.1, 0.15) is 5.54 Å². The molecular weight excluding hydrogens is 246 g/mol. The smallest absolute Gasteiger partial charge is 0.109 e. The minimum absolute atomic E-state index is 0.251. The van der Waals surface area contributed by atoms with Crippen molar-refractivity contribution in [3.05, 3.63) is 0 Å². The minimum atomic E-state index is -0.251. The van der Waals surface area contributed by atoms with Gasteiger partial charge in [0.05, 0.1) is 6.07 Å². The molecule has 0 aromatic heterocycles. The van der Waals surface area contributed by atoms with Gasteiger partial charge in [0, 0.05) is 6.04 Å². The van der Waals surface area contributed by atoms with E-state index < -0.39 is 0 Å². The third-order valence-electron chi connectivity index (χ3n) is 5.93. The van der Waals surface area contributed by atoms with Gasteiger partial charge >= 0.3 is 0 Å². The molecule has 20 heavy (non-hydrogen) atoms. The highest BCUT2D eigenvalue weighted by Gasteiger charge is 2.41. The van der Waals surface area contributed by atoms with Gasteiger partial charge in [-0.25, -0.2) is 0 Å². The quantitative estimate of drug-likeness (QED) is 0.839. The first-order valence-electron chi connectivity index (χ1n) is 8.43. The fraction of sp³-hybridized carbons (Fsp3) is 0.941. The molecule has 0 amide bonds. The van der Waals surface area contributed by atoms with Crippen LogP contribution in [0.3, 0.4) is 0 Å². The number of nitrogens with zero attached hydrogens (tertiary/aromatic N) is 2. The van der Waals surface area contributed by atoms with E-state index in [-0.39, 0.29) is 5.54 Å². The van der Waals surface area contributed by atoms with E-state index in [1.807, 2.05) is 7.05 Å². The molecule has 3 heteroatoms. The van der Waals surface area contributed by atoms with Crippen LogP contribution in [0.2, 0.25) is 0 Å². The third-order valence-corrected chi connectivity index (χ3v) is 5.93. The molecule has 0 radical (unpaired) electrons. The van der Waals surface area contributed by atoms with E-state index in [4.69, 9.17) is 0 Å². The van der Waals surface area contributed by atoms with Crippen LogP contribution in [0.4, 0.5) is 0 Å². The molecule has 2 rings (SSSR count). The maximum Gasteiger partial charge on any atom is 0.109 e. The standard InChI is InChI=1S/C17H31N3/c1-14-7-4-5-9-16(14)20(3)12-10-15-8-6-11-17(15,13-18)19-2/h14-16,19H,4-12H2,1-3H3. The van der Waals surface area contributed by atoms with Crippen molar-refractivity contribution in [2.75, 3.05) is 20.6 Å². The van der Waals surface area contributed by atoms with Crippen molar-refractivity contribution in [2.24, 2.45) is 11.8 Å². The second-order valence-electron chi connectivity index (χ2n) is 7.02. The highest BCUT2D eigenvalue weighted by molar-refractivity contribution is 5.13. The van der Waals surface area contributed by atoms with Crippen molar-refractivity contribution in [2.45, 2.75) is 69.9 Å². The van der Waals surface area contributed by atoms with E-state index in [9.17, 15) is 5.26 Å². The van der Waals surface area contributed by atoms with E-state index in [0.29, 0.717) is 5.92 Å². The van der Waals surface area contributed by atoms with Crippen LogP contribution in [0.1, 0.15) is 58.3 Å². The Hall–Kier alpha value is -0.590. The zero-order valence-electron chi connectivity index (χ0n) is 13.5. The average Bonchev–Trinajstić information content (AvgIpc) is 2.88. The predicted octanol–water partition coefficient (Wildman–Crippen LogP) is 3.17. The Kier molecular flexibility index (Phi) is 5.46. The Morgan fingerprint density at radius 2 is 2.00 bits per heavy atom. The Morgan fingerprint density at radius 1 is 1.25 bits per heavy atom. The van der Waals surface area contributed by atoms with Gasteiger partial charge in [-0.05, 0) is 64.6 Å². The van der Waals surface area contributed by atoms with Gasteiger partial charge in [0.15, 0.2) is 0 Å². The van der Waals surface area contributed by atoms with E-state index in [1.165, 1.54) is 38.5 Å². The summed E-state index contributed by atoms with van der Waals surface area (Å²) < 4.78 is 0. The molecule has 2 aliphatic rings. The Morgan fingerprint density at radius 3 is 2.65 bits per heavy atom. The molecule has 0 aromatic carbocycles. The Bertz CT molecular complexity index is 349. The topological polar surface area (TPSA) is 39.1 Å². The summed E-state index contributed by atoms with van der Waals surface area (Å²) in [4.78, 5) is 2.57. The van der Waals surface area contributed by atoms with Crippen molar-refractivity contribution in [1.29, 1.82) is 5.26 Å². The van der Waals surface area contributed by atoms with E-state index in [0.717, 1.165) is 31.3 Å². The molecule has 4 unspecified atom stereocenters. The molecule has 0 heterocycles. The minimum Gasteiger partial charge on any atom is -0.303 e. The maximum atomic E-state index is 9.52. The van der Waals surface area contributed by atoms with Crippen LogP contribution in [0.5, 0.6) is 0 Å². The molecule has 3 nitrogen and oxygen atoms in total. The maximum absolute atomic E-state index is 9.52. The molecule has 2 aliphatic carbocycles. The fourth-order valence-corrected chi connectivity index (χ4v) is 4.48. The summed E-state index contributed by atoms with van der Waals surface area (Å²) in [6, 6.07) is 3.32. The average molecular weight is 277 g/mol. The predicted molar refractivity (Wildman–Crippen MR) is 83.4 cm³/mol. The second kappa shape index (κ2) is 6.91. The Balaban J connectivity index is 1.86. The lowest BCUT2D eigenvalue weighted by Gasteiger charge is -2.37. The second-order valence-corrected chi connectivity index (χ2v) is 7.02. The first-order valence-corrected chi connectivity index (χ1v) is 8.43. The lowest BCUT2D eigenvalue weighted by Crippen LogP contribution is -2.46. The molecule has 0 saturated heterocycles. The first-order chi connectivity index (χ1) is 9.63. The SMILES string of the molecule is CNC1(C#N)CCCC1CCN(C)C1CCCCC1C. The summed E-state index contributed by atoms with van der Waals surface area (Å²) in [7, 11) is 4.24. The van der Waals surface area contributed by atoms with Crippen LogP contribution >= 0.6 is 0 Å². The number of hydrogen-bond donors (Lipinski definition) is 1. The molecule has 2 saturated carbocycles. The van der Waals surface area contributed by atoms with Gasteiger partial charge in [0.2, 0.25) is 0 Å². The molecule has 1 N–H and O–H groups in total. The van der Waals surface area contributed by atoms with Crippen molar-refractivity contribution >= 4 is 0 Å². The number of nitrogens with one attached hydrogen (secondary N) is 1. The lowest BCUT2D eigenvalue weighted by molar-refractivity contribution is 0.127. The van der Waals surface area contributed by atoms with Gasteiger partial charge in [-0.2, -0.15) is 5.26 Å². The van der Waals surface area contributed by atoms with Crippen LogP contribution in [-0.4, -0.2) is 37.1 Å². The van der Waals surface area contributed by atoms with Gasteiger partial charge in [-0.3, -0.25) is 0 Å². The lowest BCUT2D eigenvalue weighted by atomic mass is 9.83. The highest BCUT2D eigenvalue weighted by Crippen LogP contribution is 2.37. The molecule has 2 fully saturated rings. The van der Waals surface area contributed by atoms with Crippen LogP contribution in [0.25, 0.3) is 0 Å². The van der Waals surface area contributed by atoms with Crippen LogP contribution in [0, 0.1) is 23.2 Å². The molecule has 0 spiro atoms. The molecule has 0 aromatic rings. The van der Waals surface area contributed by atoms with E-state index in [1.54, 1.807) is 0 Å². The largest absolute Gasteiger partial charge is 0.303 e. The first kappa shape index (κ1) is 15.8. The number of nitriles is 1. The molecular formula is C17H31N3. The van der Waals surface area contributed by atoms with Crippen LogP contribution in [-0.2, 0) is 0 Å². The summed E-state index contributed by atoms with van der Waals surface area (Å²) in [6.07, 6.45) is 10.1. The molecule has 114 valence electrons. The van der Waals surface area contributed by atoms with E-state index >= 15 is 0 Å². The third kappa shape index (κ3) is 3.18. The van der Waals surface area contributed by atoms with Gasteiger partial charge < -0.3 is 10.2 Å². The van der Waals surface area contributed by atoms with Gasteiger partial charge in [-0.15, -0.1) is 0 Å². The van der Waals surface area contributed by atoms with E-state index in [2.05, 4.69) is 30.3 Å². The highest BCUT2D eigenvalue weighted by atomic mass is 15.1. The van der Waals surface area contributed by atoms with Crippen LogP contribution < -0.4 is 5.32 Å². The monoisotopic (exact) mass is 277 g/mol. The summed E-state index contributed by atoms with van der Waals surface area (Å²) >= 11 is 0. The van der Waals surface area contributed by atoms with Crippen LogP contribution in [0.15, 0.2) is 0 Å². The van der Waals surface area contributed by atoms with Crippen molar-refractivity contribution in [3.63, 3.8) is 0 Å². The summed E-state index contributed by atoms with van der Waals surface area (Å²) in [5, 5.41) is 12.8.